The van der Waals surface area contributed by atoms with Gasteiger partial charge in [-0.15, -0.1) is 0 Å². The second-order valence-electron chi connectivity index (χ2n) is 6.85. The van der Waals surface area contributed by atoms with Crippen LogP contribution in [-0.2, 0) is 14.4 Å². The Morgan fingerprint density at radius 2 is 1.85 bits per heavy atom. The first-order valence-electron chi connectivity index (χ1n) is 7.26. The maximum absolute atomic E-state index is 12.2. The summed E-state index contributed by atoms with van der Waals surface area (Å²) in [6, 6.07) is -0.162. The van der Waals surface area contributed by atoms with E-state index in [9.17, 15) is 19.5 Å². The third kappa shape index (κ3) is 2.13. The summed E-state index contributed by atoms with van der Waals surface area (Å²) in [6.45, 7) is 7.59. The summed E-state index contributed by atoms with van der Waals surface area (Å²) in [4.78, 5) is 37.0. The van der Waals surface area contributed by atoms with Crippen molar-refractivity contribution < 1.29 is 19.5 Å². The summed E-state index contributed by atoms with van der Waals surface area (Å²) in [5, 5.41) is 9.34. The topological polar surface area (TPSA) is 74.7 Å². The van der Waals surface area contributed by atoms with Crippen molar-refractivity contribution in [3.8, 4) is 0 Å². The summed E-state index contributed by atoms with van der Waals surface area (Å²) in [6.07, 6.45) is 1.39. The van der Waals surface area contributed by atoms with Crippen molar-refractivity contribution in [1.82, 2.24) is 4.90 Å². The van der Waals surface area contributed by atoms with Gasteiger partial charge in [0.15, 0.2) is 0 Å². The molecule has 1 N–H and O–H groups in total. The minimum Gasteiger partial charge on any atom is -0.481 e. The van der Waals surface area contributed by atoms with Crippen LogP contribution in [0.1, 0.15) is 47.0 Å². The molecule has 2 rings (SSSR count). The summed E-state index contributed by atoms with van der Waals surface area (Å²) in [5.41, 5.74) is -0.429. The first-order chi connectivity index (χ1) is 9.17. The van der Waals surface area contributed by atoms with E-state index >= 15 is 0 Å². The lowest BCUT2D eigenvalue weighted by atomic mass is 9.60. The lowest BCUT2D eigenvalue weighted by Gasteiger charge is -2.48. The molecular weight excluding hydrogens is 258 g/mol. The van der Waals surface area contributed by atoms with Crippen molar-refractivity contribution in [3.63, 3.8) is 0 Å². The highest BCUT2D eigenvalue weighted by Gasteiger charge is 2.51. The minimum absolute atomic E-state index is 0.0180. The van der Waals surface area contributed by atoms with Gasteiger partial charge in [-0.25, -0.2) is 0 Å². The van der Waals surface area contributed by atoms with Crippen molar-refractivity contribution >= 4 is 17.8 Å². The Morgan fingerprint density at radius 3 is 2.30 bits per heavy atom. The Hall–Kier alpha value is -1.39. The number of nitrogens with zero attached hydrogens (tertiary/aromatic N) is 1. The van der Waals surface area contributed by atoms with Gasteiger partial charge in [-0.1, -0.05) is 27.7 Å². The zero-order valence-electron chi connectivity index (χ0n) is 12.5. The highest BCUT2D eigenvalue weighted by molar-refractivity contribution is 6.03. The molecule has 4 atom stereocenters. The lowest BCUT2D eigenvalue weighted by Crippen LogP contribution is -2.54. The van der Waals surface area contributed by atoms with E-state index in [1.54, 1.807) is 6.92 Å². The largest absolute Gasteiger partial charge is 0.481 e. The lowest BCUT2D eigenvalue weighted by molar-refractivity contribution is -0.155. The van der Waals surface area contributed by atoms with E-state index in [-0.39, 0.29) is 36.1 Å². The number of hydrogen-bond acceptors (Lipinski definition) is 3. The molecule has 0 bridgehead atoms. The van der Waals surface area contributed by atoms with Crippen molar-refractivity contribution in [3.05, 3.63) is 0 Å². The number of aliphatic carboxylic acids is 1. The van der Waals surface area contributed by atoms with E-state index in [2.05, 4.69) is 0 Å². The number of rotatable bonds is 2. The standard InChI is InChI=1S/C15H23NO4/c1-8-7-12(17)16(13(8)18)11-6-5-10(14(19)20)15(3,4)9(11)2/h8-11H,5-7H2,1-4H3,(H,19,20). The molecule has 2 fully saturated rings. The van der Waals surface area contributed by atoms with E-state index in [0.717, 1.165) is 0 Å². The fourth-order valence-corrected chi connectivity index (χ4v) is 3.72. The Balaban J connectivity index is 2.26. The van der Waals surface area contributed by atoms with Gasteiger partial charge in [-0.2, -0.15) is 0 Å². The van der Waals surface area contributed by atoms with E-state index in [4.69, 9.17) is 0 Å². The molecular formula is C15H23NO4. The van der Waals surface area contributed by atoms with Gasteiger partial charge < -0.3 is 5.11 Å². The van der Waals surface area contributed by atoms with E-state index in [1.807, 2.05) is 20.8 Å². The van der Waals surface area contributed by atoms with Crippen LogP contribution < -0.4 is 0 Å². The molecule has 1 aliphatic carbocycles. The first-order valence-corrected chi connectivity index (χ1v) is 7.26. The highest BCUT2D eigenvalue weighted by atomic mass is 16.4. The second-order valence-corrected chi connectivity index (χ2v) is 6.85. The Labute approximate surface area is 119 Å². The van der Waals surface area contributed by atoms with Crippen LogP contribution in [0.5, 0.6) is 0 Å². The van der Waals surface area contributed by atoms with Crippen molar-refractivity contribution in [2.24, 2.45) is 23.2 Å². The van der Waals surface area contributed by atoms with Gasteiger partial charge in [-0.05, 0) is 24.2 Å². The fourth-order valence-electron chi connectivity index (χ4n) is 3.72. The normalized spacial score (nSPS) is 37.3. The third-order valence-electron chi connectivity index (χ3n) is 5.44. The number of carboxylic acid groups (broad SMARTS) is 1. The van der Waals surface area contributed by atoms with E-state index in [1.165, 1.54) is 4.90 Å². The van der Waals surface area contributed by atoms with Crippen LogP contribution in [0.3, 0.4) is 0 Å². The van der Waals surface area contributed by atoms with Crippen LogP contribution in [0.15, 0.2) is 0 Å². The average Bonchev–Trinajstić information content (AvgIpc) is 2.57. The predicted molar refractivity (Wildman–Crippen MR) is 72.7 cm³/mol. The number of hydrogen-bond donors (Lipinski definition) is 1. The third-order valence-corrected chi connectivity index (χ3v) is 5.44. The molecule has 1 aliphatic heterocycles. The number of amides is 2. The van der Waals surface area contributed by atoms with E-state index < -0.39 is 17.3 Å². The molecule has 112 valence electrons. The molecule has 1 saturated carbocycles. The fraction of sp³-hybridized carbons (Fsp3) is 0.800. The second kappa shape index (κ2) is 4.86. The molecule has 1 saturated heterocycles. The molecule has 5 nitrogen and oxygen atoms in total. The van der Waals surface area contributed by atoms with Gasteiger partial charge in [-0.3, -0.25) is 19.3 Å². The number of imide groups is 1. The van der Waals surface area contributed by atoms with E-state index in [0.29, 0.717) is 12.8 Å². The Kier molecular flexibility index (Phi) is 3.65. The maximum Gasteiger partial charge on any atom is 0.307 e. The molecule has 5 heteroatoms. The van der Waals surface area contributed by atoms with Crippen LogP contribution in [0.2, 0.25) is 0 Å². The zero-order chi connectivity index (χ0) is 15.2. The van der Waals surface area contributed by atoms with Crippen LogP contribution in [-0.4, -0.2) is 33.8 Å². The number of likely N-dealkylation sites (tertiary alicyclic amines) is 1. The van der Waals surface area contributed by atoms with Crippen molar-refractivity contribution in [2.75, 3.05) is 0 Å². The Bertz CT molecular complexity index is 457. The predicted octanol–water partition coefficient (Wildman–Crippen LogP) is 1.91. The molecule has 20 heavy (non-hydrogen) atoms. The van der Waals surface area contributed by atoms with Crippen molar-refractivity contribution in [1.29, 1.82) is 0 Å². The molecule has 0 aromatic heterocycles. The smallest absolute Gasteiger partial charge is 0.307 e. The van der Waals surface area contributed by atoms with Crippen LogP contribution in [0.25, 0.3) is 0 Å². The molecule has 0 aromatic carbocycles. The van der Waals surface area contributed by atoms with Gasteiger partial charge in [0.1, 0.15) is 0 Å². The maximum atomic E-state index is 12.2. The quantitative estimate of drug-likeness (QED) is 0.784. The molecule has 0 aromatic rings. The van der Waals surface area contributed by atoms with Crippen molar-refractivity contribution in [2.45, 2.75) is 53.0 Å². The van der Waals surface area contributed by atoms with Crippen LogP contribution >= 0.6 is 0 Å². The average molecular weight is 281 g/mol. The Morgan fingerprint density at radius 1 is 1.25 bits per heavy atom. The summed E-state index contributed by atoms with van der Waals surface area (Å²) in [7, 11) is 0. The highest BCUT2D eigenvalue weighted by Crippen LogP contribution is 2.47. The molecule has 1 heterocycles. The SMILES string of the molecule is CC1CC(=O)N(C2CCC(C(=O)O)C(C)(C)C2C)C1=O. The molecule has 2 aliphatic rings. The summed E-state index contributed by atoms with van der Waals surface area (Å²) >= 11 is 0. The zero-order valence-corrected chi connectivity index (χ0v) is 12.5. The number of carboxylic acids is 1. The number of carbonyl (C=O) groups excluding carboxylic acids is 2. The summed E-state index contributed by atoms with van der Waals surface area (Å²) in [5.74, 6) is -1.67. The number of carbonyl (C=O) groups is 3. The van der Waals surface area contributed by atoms with Gasteiger partial charge >= 0.3 is 5.97 Å². The van der Waals surface area contributed by atoms with Gasteiger partial charge in [0.2, 0.25) is 11.8 Å². The molecule has 0 radical (unpaired) electrons. The summed E-state index contributed by atoms with van der Waals surface area (Å²) < 4.78 is 0. The van der Waals surface area contributed by atoms with Gasteiger partial charge in [0, 0.05) is 18.4 Å². The minimum atomic E-state index is -0.784. The monoisotopic (exact) mass is 281 g/mol. The van der Waals surface area contributed by atoms with Gasteiger partial charge in [0.05, 0.1) is 5.92 Å². The molecule has 4 unspecified atom stereocenters. The van der Waals surface area contributed by atoms with Gasteiger partial charge in [0.25, 0.3) is 0 Å². The first kappa shape index (κ1) is 15.0. The molecule has 0 spiro atoms. The molecule has 2 amide bonds. The van der Waals surface area contributed by atoms with Crippen LogP contribution in [0.4, 0.5) is 0 Å². The van der Waals surface area contributed by atoms with Crippen LogP contribution in [0, 0.1) is 23.2 Å².